The third-order valence-corrected chi connectivity index (χ3v) is 5.69. The van der Waals surface area contributed by atoms with Crippen molar-refractivity contribution >= 4 is 5.91 Å². The predicted molar refractivity (Wildman–Crippen MR) is 102 cm³/mol. The normalized spacial score (nSPS) is 20.3. The lowest BCUT2D eigenvalue weighted by molar-refractivity contribution is -0.137. The molecular formula is C21H32N2O3. The summed E-state index contributed by atoms with van der Waals surface area (Å²) < 4.78 is 5.86. The fraction of sp³-hybridized carbons (Fsp3) is 0.667. The zero-order valence-electron chi connectivity index (χ0n) is 16.1. The van der Waals surface area contributed by atoms with Crippen LogP contribution in [0.1, 0.15) is 36.8 Å². The molecule has 1 aliphatic heterocycles. The lowest BCUT2D eigenvalue weighted by Gasteiger charge is -2.36. The van der Waals surface area contributed by atoms with Gasteiger partial charge in [0, 0.05) is 38.6 Å². The van der Waals surface area contributed by atoms with Gasteiger partial charge in [0.25, 0.3) is 0 Å². The summed E-state index contributed by atoms with van der Waals surface area (Å²) >= 11 is 0. The average Bonchev–Trinajstić information content (AvgIpc) is 3.16. The van der Waals surface area contributed by atoms with Crippen LogP contribution in [-0.4, -0.2) is 66.2 Å². The number of hydrogen-bond donors (Lipinski definition) is 1. The molecule has 1 amide bonds. The number of piperazine rings is 1. The minimum atomic E-state index is -0.522. The van der Waals surface area contributed by atoms with Crippen molar-refractivity contribution in [3.8, 4) is 5.75 Å². The van der Waals surface area contributed by atoms with E-state index in [1.54, 1.807) is 0 Å². The van der Waals surface area contributed by atoms with Gasteiger partial charge < -0.3 is 14.7 Å². The molecule has 0 aromatic heterocycles. The number of carbonyl (C=O) groups is 1. The lowest BCUT2D eigenvalue weighted by Crippen LogP contribution is -2.52. The number of carbonyl (C=O) groups excluding carboxylic acids is 1. The maximum absolute atomic E-state index is 12.5. The van der Waals surface area contributed by atoms with Gasteiger partial charge in [-0.25, -0.2) is 0 Å². The fourth-order valence-corrected chi connectivity index (χ4v) is 4.14. The molecule has 0 radical (unpaired) electrons. The Balaban J connectivity index is 1.40. The van der Waals surface area contributed by atoms with Crippen LogP contribution in [0.25, 0.3) is 0 Å². The Morgan fingerprint density at radius 3 is 2.38 bits per heavy atom. The Morgan fingerprint density at radius 1 is 1.15 bits per heavy atom. The molecule has 1 heterocycles. The maximum atomic E-state index is 12.5. The lowest BCUT2D eigenvalue weighted by atomic mass is 10.1. The van der Waals surface area contributed by atoms with Crippen LogP contribution in [-0.2, 0) is 4.79 Å². The van der Waals surface area contributed by atoms with Crippen molar-refractivity contribution in [2.45, 2.75) is 45.6 Å². The Kier molecular flexibility index (Phi) is 6.54. The highest BCUT2D eigenvalue weighted by molar-refractivity contribution is 5.79. The topological polar surface area (TPSA) is 53.0 Å². The van der Waals surface area contributed by atoms with Crippen molar-refractivity contribution in [2.24, 2.45) is 5.92 Å². The molecule has 0 spiro atoms. The van der Waals surface area contributed by atoms with E-state index in [0.29, 0.717) is 19.1 Å². The Morgan fingerprint density at radius 2 is 1.77 bits per heavy atom. The zero-order chi connectivity index (χ0) is 18.5. The van der Waals surface area contributed by atoms with Gasteiger partial charge in [0.1, 0.15) is 18.5 Å². The number of nitrogens with zero attached hydrogens (tertiary/aromatic N) is 2. The number of β-amino-alcohol motifs (C(OH)–C–C–N with tert-alkyl or cyclic N) is 1. The van der Waals surface area contributed by atoms with Crippen LogP contribution >= 0.6 is 0 Å². The first-order valence-electron chi connectivity index (χ1n) is 9.93. The van der Waals surface area contributed by atoms with Gasteiger partial charge in [-0.3, -0.25) is 9.69 Å². The molecule has 2 fully saturated rings. The highest BCUT2D eigenvalue weighted by Crippen LogP contribution is 2.27. The molecule has 1 saturated carbocycles. The number of ether oxygens (including phenoxy) is 1. The highest BCUT2D eigenvalue weighted by atomic mass is 16.5. The summed E-state index contributed by atoms with van der Waals surface area (Å²) in [5.41, 5.74) is 2.19. The summed E-state index contributed by atoms with van der Waals surface area (Å²) in [6.45, 7) is 8.16. The first-order chi connectivity index (χ1) is 12.5. The fourth-order valence-electron chi connectivity index (χ4n) is 4.14. The summed E-state index contributed by atoms with van der Waals surface area (Å²) in [7, 11) is 0. The number of benzene rings is 1. The minimum Gasteiger partial charge on any atom is -0.490 e. The number of rotatable bonds is 6. The first kappa shape index (κ1) is 19.2. The van der Waals surface area contributed by atoms with Gasteiger partial charge in [-0.1, -0.05) is 31.0 Å². The van der Waals surface area contributed by atoms with E-state index in [9.17, 15) is 9.90 Å². The van der Waals surface area contributed by atoms with Crippen LogP contribution in [0.2, 0.25) is 0 Å². The summed E-state index contributed by atoms with van der Waals surface area (Å²) in [6.07, 6.45) is 4.00. The van der Waals surface area contributed by atoms with Crippen LogP contribution in [0, 0.1) is 19.8 Å². The van der Waals surface area contributed by atoms with E-state index in [-0.39, 0.29) is 5.92 Å². The van der Waals surface area contributed by atoms with E-state index >= 15 is 0 Å². The largest absolute Gasteiger partial charge is 0.490 e. The van der Waals surface area contributed by atoms with Gasteiger partial charge in [0.15, 0.2) is 0 Å². The molecule has 1 aromatic carbocycles. The average molecular weight is 360 g/mol. The second-order valence-corrected chi connectivity index (χ2v) is 7.79. The minimum absolute atomic E-state index is 0.262. The molecule has 1 atom stereocenters. The van der Waals surface area contributed by atoms with Gasteiger partial charge in [-0.2, -0.15) is 0 Å². The number of hydrogen-bond acceptors (Lipinski definition) is 4. The molecular weight excluding hydrogens is 328 g/mol. The third kappa shape index (κ3) is 4.77. The number of aliphatic hydroxyl groups excluding tert-OH is 1. The van der Waals surface area contributed by atoms with E-state index in [4.69, 9.17) is 4.74 Å². The van der Waals surface area contributed by atoms with Gasteiger partial charge in [-0.05, 0) is 37.8 Å². The van der Waals surface area contributed by atoms with Crippen molar-refractivity contribution in [1.82, 2.24) is 9.80 Å². The van der Waals surface area contributed by atoms with Crippen LogP contribution in [0.15, 0.2) is 18.2 Å². The molecule has 5 heteroatoms. The van der Waals surface area contributed by atoms with E-state index in [1.807, 2.05) is 36.9 Å². The smallest absolute Gasteiger partial charge is 0.225 e. The predicted octanol–water partition coefficient (Wildman–Crippen LogP) is 2.38. The van der Waals surface area contributed by atoms with Gasteiger partial charge >= 0.3 is 0 Å². The van der Waals surface area contributed by atoms with E-state index in [0.717, 1.165) is 55.9 Å². The van der Waals surface area contributed by atoms with Gasteiger partial charge in [0.2, 0.25) is 5.91 Å². The number of para-hydroxylation sites is 1. The molecule has 1 unspecified atom stereocenters. The van der Waals surface area contributed by atoms with E-state index < -0.39 is 6.10 Å². The van der Waals surface area contributed by atoms with E-state index in [1.165, 1.54) is 12.8 Å². The molecule has 26 heavy (non-hydrogen) atoms. The second-order valence-electron chi connectivity index (χ2n) is 7.79. The Labute approximate surface area is 156 Å². The molecule has 1 aliphatic carbocycles. The summed E-state index contributed by atoms with van der Waals surface area (Å²) in [6, 6.07) is 6.06. The summed E-state index contributed by atoms with van der Waals surface area (Å²) in [5, 5.41) is 10.3. The molecule has 3 rings (SSSR count). The Bertz CT molecular complexity index is 585. The van der Waals surface area contributed by atoms with Crippen LogP contribution in [0.3, 0.4) is 0 Å². The van der Waals surface area contributed by atoms with Crippen molar-refractivity contribution in [3.05, 3.63) is 29.3 Å². The van der Waals surface area contributed by atoms with Gasteiger partial charge in [0.05, 0.1) is 0 Å². The van der Waals surface area contributed by atoms with Gasteiger partial charge in [-0.15, -0.1) is 0 Å². The van der Waals surface area contributed by atoms with Crippen molar-refractivity contribution in [2.75, 3.05) is 39.3 Å². The first-order valence-corrected chi connectivity index (χ1v) is 9.93. The molecule has 2 aliphatic rings. The standard InChI is InChI=1S/C21H32N2O3/c1-16-6-5-7-17(2)20(16)26-15-19(24)14-22-10-12-23(13-11-22)21(25)18-8-3-4-9-18/h5-7,18-19,24H,3-4,8-15H2,1-2H3. The monoisotopic (exact) mass is 360 g/mol. The molecule has 1 N–H and O–H groups in total. The second kappa shape index (κ2) is 8.87. The van der Waals surface area contributed by atoms with Crippen LogP contribution in [0.5, 0.6) is 5.75 Å². The molecule has 0 bridgehead atoms. The number of aryl methyl sites for hydroxylation is 2. The molecule has 1 aromatic rings. The number of amides is 1. The highest BCUT2D eigenvalue weighted by Gasteiger charge is 2.29. The van der Waals surface area contributed by atoms with Crippen molar-refractivity contribution in [3.63, 3.8) is 0 Å². The Hall–Kier alpha value is -1.59. The quantitative estimate of drug-likeness (QED) is 0.846. The molecule has 1 saturated heterocycles. The number of aliphatic hydroxyl groups is 1. The van der Waals surface area contributed by atoms with Crippen molar-refractivity contribution < 1.29 is 14.6 Å². The van der Waals surface area contributed by atoms with Crippen LogP contribution in [0.4, 0.5) is 0 Å². The third-order valence-electron chi connectivity index (χ3n) is 5.69. The zero-order valence-corrected chi connectivity index (χ0v) is 16.1. The SMILES string of the molecule is Cc1cccc(C)c1OCC(O)CN1CCN(C(=O)C2CCCC2)CC1. The summed E-state index contributed by atoms with van der Waals surface area (Å²) in [5.74, 6) is 1.48. The summed E-state index contributed by atoms with van der Waals surface area (Å²) in [4.78, 5) is 16.7. The van der Waals surface area contributed by atoms with Crippen molar-refractivity contribution in [1.29, 1.82) is 0 Å². The molecule has 5 nitrogen and oxygen atoms in total. The molecule has 144 valence electrons. The maximum Gasteiger partial charge on any atom is 0.225 e. The van der Waals surface area contributed by atoms with E-state index in [2.05, 4.69) is 4.90 Å². The van der Waals surface area contributed by atoms with Crippen LogP contribution < -0.4 is 4.74 Å².